The highest BCUT2D eigenvalue weighted by Gasteiger charge is 2.26. The maximum absolute atomic E-state index is 13.0. The first-order valence-corrected chi connectivity index (χ1v) is 13.7. The van der Waals surface area contributed by atoms with Crippen molar-refractivity contribution in [3.8, 4) is 5.75 Å². The van der Waals surface area contributed by atoms with Gasteiger partial charge in [0.15, 0.2) is 0 Å². The summed E-state index contributed by atoms with van der Waals surface area (Å²) in [5, 5.41) is 3.00. The van der Waals surface area contributed by atoms with Crippen LogP contribution >= 0.6 is 0 Å². The molecule has 0 spiro atoms. The molecule has 2 aliphatic heterocycles. The van der Waals surface area contributed by atoms with E-state index >= 15 is 0 Å². The Balaban J connectivity index is 1.27. The second kappa shape index (κ2) is 11.2. The van der Waals surface area contributed by atoms with E-state index in [2.05, 4.69) is 34.5 Å². The van der Waals surface area contributed by atoms with Crippen LogP contribution in [0.2, 0.25) is 0 Å². The molecule has 1 amide bonds. The minimum Gasteiger partial charge on any atom is -0.496 e. The quantitative estimate of drug-likeness (QED) is 0.522. The van der Waals surface area contributed by atoms with Crippen LogP contribution in [0.25, 0.3) is 0 Å². The molecule has 34 heavy (non-hydrogen) atoms. The lowest BCUT2D eigenvalue weighted by molar-refractivity contribution is -0.121. The highest BCUT2D eigenvalue weighted by atomic mass is 32.2. The Morgan fingerprint density at radius 3 is 2.65 bits per heavy atom. The summed E-state index contributed by atoms with van der Waals surface area (Å²) in [5.41, 5.74) is 3.44. The number of ether oxygens (including phenoxy) is 1. The van der Waals surface area contributed by atoms with Gasteiger partial charge < -0.3 is 15.0 Å². The van der Waals surface area contributed by atoms with E-state index in [0.29, 0.717) is 31.8 Å². The second-order valence-electron chi connectivity index (χ2n) is 9.01. The first-order chi connectivity index (χ1) is 16.5. The van der Waals surface area contributed by atoms with Gasteiger partial charge in [0, 0.05) is 44.8 Å². The van der Waals surface area contributed by atoms with Gasteiger partial charge in [-0.15, -0.1) is 0 Å². The zero-order valence-corrected chi connectivity index (χ0v) is 20.8. The smallest absolute Gasteiger partial charge is 0.243 e. The van der Waals surface area contributed by atoms with Crippen molar-refractivity contribution < 1.29 is 17.9 Å². The lowest BCUT2D eigenvalue weighted by Crippen LogP contribution is -2.35. The number of nitrogens with one attached hydrogen (secondary N) is 1. The number of rotatable bonds is 10. The van der Waals surface area contributed by atoms with Crippen molar-refractivity contribution in [2.45, 2.75) is 49.8 Å². The van der Waals surface area contributed by atoms with E-state index in [0.717, 1.165) is 50.8 Å². The second-order valence-corrected chi connectivity index (χ2v) is 10.9. The number of sulfonamides is 1. The summed E-state index contributed by atoms with van der Waals surface area (Å²) < 4.78 is 33.1. The third-order valence-corrected chi connectivity index (χ3v) is 8.63. The highest BCUT2D eigenvalue weighted by Crippen LogP contribution is 2.28. The number of aryl methyl sites for hydroxylation is 1. The van der Waals surface area contributed by atoms with E-state index in [4.69, 9.17) is 4.74 Å². The number of fused-ring (bicyclic) bond motifs is 1. The van der Waals surface area contributed by atoms with Gasteiger partial charge in [-0.3, -0.25) is 4.79 Å². The van der Waals surface area contributed by atoms with Gasteiger partial charge in [-0.25, -0.2) is 8.42 Å². The van der Waals surface area contributed by atoms with Crippen molar-refractivity contribution in [1.29, 1.82) is 0 Å². The van der Waals surface area contributed by atoms with Gasteiger partial charge in [-0.05, 0) is 67.5 Å². The van der Waals surface area contributed by atoms with Crippen LogP contribution in [-0.2, 0) is 27.7 Å². The van der Waals surface area contributed by atoms with Crippen molar-refractivity contribution in [3.63, 3.8) is 0 Å². The van der Waals surface area contributed by atoms with Gasteiger partial charge in [-0.1, -0.05) is 24.6 Å². The summed E-state index contributed by atoms with van der Waals surface area (Å²) in [6, 6.07) is 13.4. The number of anilines is 1. The van der Waals surface area contributed by atoms with Gasteiger partial charge in [0.25, 0.3) is 0 Å². The van der Waals surface area contributed by atoms with E-state index in [1.807, 2.05) is 0 Å². The van der Waals surface area contributed by atoms with Gasteiger partial charge in [-0.2, -0.15) is 4.31 Å². The maximum atomic E-state index is 13.0. The van der Waals surface area contributed by atoms with Gasteiger partial charge in [0.2, 0.25) is 15.9 Å². The van der Waals surface area contributed by atoms with Crippen molar-refractivity contribution in [2.24, 2.45) is 0 Å². The zero-order valence-electron chi connectivity index (χ0n) is 20.0. The molecule has 2 aromatic rings. The van der Waals surface area contributed by atoms with E-state index in [1.165, 1.54) is 11.3 Å². The number of nitrogens with zero attached hydrogens (tertiary/aromatic N) is 2. The number of methoxy groups -OCH3 is 1. The molecule has 1 fully saturated rings. The highest BCUT2D eigenvalue weighted by molar-refractivity contribution is 7.89. The topological polar surface area (TPSA) is 79.0 Å². The average molecular weight is 486 g/mol. The largest absolute Gasteiger partial charge is 0.496 e. The molecule has 7 nitrogen and oxygen atoms in total. The van der Waals surface area contributed by atoms with Crippen molar-refractivity contribution in [2.75, 3.05) is 44.7 Å². The van der Waals surface area contributed by atoms with Crippen LogP contribution in [-0.4, -0.2) is 58.5 Å². The summed E-state index contributed by atoms with van der Waals surface area (Å²) in [6.45, 7) is 3.70. The molecule has 4 rings (SSSR count). The predicted molar refractivity (Wildman–Crippen MR) is 134 cm³/mol. The van der Waals surface area contributed by atoms with Crippen molar-refractivity contribution >= 4 is 21.6 Å². The molecular formula is C26H35N3O4S. The number of carbonyl (C=O) groups is 1. The van der Waals surface area contributed by atoms with Gasteiger partial charge >= 0.3 is 0 Å². The molecule has 0 unspecified atom stereocenters. The van der Waals surface area contributed by atoms with Crippen molar-refractivity contribution in [3.05, 3.63) is 53.6 Å². The minimum absolute atomic E-state index is 0.0341. The normalized spacial score (nSPS) is 16.3. The summed E-state index contributed by atoms with van der Waals surface area (Å²) >= 11 is 0. The van der Waals surface area contributed by atoms with Crippen LogP contribution in [0.15, 0.2) is 47.4 Å². The Labute approximate surface area is 203 Å². The summed E-state index contributed by atoms with van der Waals surface area (Å²) in [5.74, 6) is 0.575. The molecule has 2 aliphatic rings. The third kappa shape index (κ3) is 5.73. The van der Waals surface area contributed by atoms with Crippen LogP contribution in [0.3, 0.4) is 0 Å². The van der Waals surface area contributed by atoms with E-state index < -0.39 is 10.0 Å². The van der Waals surface area contributed by atoms with Crippen LogP contribution in [0.5, 0.6) is 5.75 Å². The number of benzene rings is 2. The van der Waals surface area contributed by atoms with Crippen LogP contribution in [0, 0.1) is 0 Å². The summed E-state index contributed by atoms with van der Waals surface area (Å²) in [6.07, 6.45) is 5.54. The molecule has 0 saturated carbocycles. The lowest BCUT2D eigenvalue weighted by atomic mass is 10.1. The van der Waals surface area contributed by atoms with Crippen LogP contribution in [0.1, 0.15) is 43.2 Å². The average Bonchev–Trinajstić information content (AvgIpc) is 3.28. The molecule has 1 saturated heterocycles. The van der Waals surface area contributed by atoms with Gasteiger partial charge in [0.05, 0.1) is 12.0 Å². The molecule has 0 bridgehead atoms. The SMILES string of the molecule is COc1ccc(S(=O)(=O)N2CCCCC2)cc1CCC(=O)NCCCN1CCc2ccccc21. The molecular weight excluding hydrogens is 450 g/mol. The van der Waals surface area contributed by atoms with E-state index in [9.17, 15) is 13.2 Å². The Kier molecular flexibility index (Phi) is 8.11. The fraction of sp³-hybridized carbons (Fsp3) is 0.500. The minimum atomic E-state index is -3.52. The molecule has 184 valence electrons. The molecule has 2 aromatic carbocycles. The molecule has 2 heterocycles. The Morgan fingerprint density at radius 2 is 1.85 bits per heavy atom. The maximum Gasteiger partial charge on any atom is 0.243 e. The zero-order chi connectivity index (χ0) is 24.0. The fourth-order valence-electron chi connectivity index (χ4n) is 4.84. The monoisotopic (exact) mass is 485 g/mol. The number of hydrogen-bond acceptors (Lipinski definition) is 5. The van der Waals surface area contributed by atoms with Gasteiger partial charge in [0.1, 0.15) is 5.75 Å². The predicted octanol–water partition coefficient (Wildman–Crippen LogP) is 3.37. The van der Waals surface area contributed by atoms with E-state index in [-0.39, 0.29) is 17.2 Å². The standard InChI is InChI=1S/C26H35N3O4S/c1-33-25-12-11-23(34(31,32)29-17-5-2-6-18-29)20-22(25)10-13-26(30)27-15-7-16-28-19-14-21-8-3-4-9-24(21)28/h3-4,8-9,11-12,20H,2,5-7,10,13-19H2,1H3,(H,27,30). The number of para-hydroxylation sites is 1. The fourth-order valence-corrected chi connectivity index (χ4v) is 6.41. The number of amides is 1. The molecule has 0 aromatic heterocycles. The molecule has 0 atom stereocenters. The Hall–Kier alpha value is -2.58. The Morgan fingerprint density at radius 1 is 1.06 bits per heavy atom. The number of carbonyl (C=O) groups excluding carboxylic acids is 1. The summed E-state index contributed by atoms with van der Waals surface area (Å²) in [4.78, 5) is 15.1. The van der Waals surface area contributed by atoms with Crippen molar-refractivity contribution in [1.82, 2.24) is 9.62 Å². The number of hydrogen-bond donors (Lipinski definition) is 1. The van der Waals surface area contributed by atoms with Crippen LogP contribution in [0.4, 0.5) is 5.69 Å². The van der Waals surface area contributed by atoms with E-state index in [1.54, 1.807) is 29.6 Å². The third-order valence-electron chi connectivity index (χ3n) is 6.74. The van der Waals surface area contributed by atoms with Crippen LogP contribution < -0.4 is 15.0 Å². The Bertz CT molecular complexity index is 1100. The molecule has 8 heteroatoms. The number of piperidine rings is 1. The molecule has 0 aliphatic carbocycles. The lowest BCUT2D eigenvalue weighted by Gasteiger charge is -2.26. The summed E-state index contributed by atoms with van der Waals surface area (Å²) in [7, 11) is -1.96. The first-order valence-electron chi connectivity index (χ1n) is 12.3. The first kappa shape index (κ1) is 24.5. The molecule has 0 radical (unpaired) electrons. The molecule has 1 N–H and O–H groups in total.